The van der Waals surface area contributed by atoms with E-state index in [4.69, 9.17) is 9.47 Å². The third kappa shape index (κ3) is 4.11. The molecule has 0 spiro atoms. The van der Waals surface area contributed by atoms with Crippen molar-refractivity contribution >= 4 is 11.9 Å². The Balaban J connectivity index is 1.76. The second kappa shape index (κ2) is 6.05. The molecule has 124 valence electrons. The van der Waals surface area contributed by atoms with Crippen molar-refractivity contribution in [2.24, 2.45) is 28.6 Å². The third-order valence-corrected chi connectivity index (χ3v) is 4.39. The van der Waals surface area contributed by atoms with Crippen LogP contribution in [0.25, 0.3) is 0 Å². The summed E-state index contributed by atoms with van der Waals surface area (Å²) >= 11 is 0. The number of hydrogen-bond acceptors (Lipinski definition) is 4. The van der Waals surface area contributed by atoms with Crippen molar-refractivity contribution in [3.05, 3.63) is 12.2 Å². The lowest BCUT2D eigenvalue weighted by Crippen LogP contribution is -2.33. The molecule has 4 nitrogen and oxygen atoms in total. The van der Waals surface area contributed by atoms with Gasteiger partial charge < -0.3 is 9.47 Å². The molecule has 1 saturated carbocycles. The molecule has 0 aromatic rings. The first-order chi connectivity index (χ1) is 10.1. The Bertz CT molecular complexity index is 470. The fourth-order valence-electron chi connectivity index (χ4n) is 2.94. The van der Waals surface area contributed by atoms with E-state index < -0.39 is 5.41 Å². The molecule has 0 aliphatic heterocycles. The average molecular weight is 308 g/mol. The number of hydrogen-bond donors (Lipinski definition) is 0. The standard InChI is InChI=1S/C18H28O4/c1-17(2,3)16(20)22-11-18(4,5)10-21-15(19)14-9-12-6-7-13(14)8-12/h6-7,12-14H,8-11H2,1-5H3. The Morgan fingerprint density at radius 2 is 1.64 bits per heavy atom. The van der Waals surface area contributed by atoms with E-state index in [2.05, 4.69) is 12.2 Å². The van der Waals surface area contributed by atoms with Crippen LogP contribution in [0.1, 0.15) is 47.5 Å². The number of allylic oxidation sites excluding steroid dienone is 2. The number of fused-ring (bicyclic) bond motifs is 2. The first-order valence-electron chi connectivity index (χ1n) is 8.11. The normalized spacial score (nSPS) is 27.0. The van der Waals surface area contributed by atoms with Crippen LogP contribution in [0.3, 0.4) is 0 Å². The zero-order chi connectivity index (χ0) is 16.5. The number of carbonyl (C=O) groups is 2. The summed E-state index contributed by atoms with van der Waals surface area (Å²) in [5.41, 5.74) is -0.883. The van der Waals surface area contributed by atoms with Gasteiger partial charge >= 0.3 is 11.9 Å². The van der Waals surface area contributed by atoms with E-state index in [1.807, 2.05) is 34.6 Å². The molecule has 3 unspecified atom stereocenters. The summed E-state index contributed by atoms with van der Waals surface area (Å²) < 4.78 is 10.8. The molecule has 0 N–H and O–H groups in total. The second-order valence-electron chi connectivity index (χ2n) is 8.48. The van der Waals surface area contributed by atoms with E-state index >= 15 is 0 Å². The van der Waals surface area contributed by atoms with Gasteiger partial charge in [0.25, 0.3) is 0 Å². The lowest BCUT2D eigenvalue weighted by molar-refractivity contribution is -0.160. The van der Waals surface area contributed by atoms with Gasteiger partial charge in [-0.3, -0.25) is 9.59 Å². The summed E-state index contributed by atoms with van der Waals surface area (Å²) in [5.74, 6) is 0.600. The third-order valence-electron chi connectivity index (χ3n) is 4.39. The molecule has 0 aromatic heterocycles. The number of rotatable bonds is 5. The van der Waals surface area contributed by atoms with Crippen molar-refractivity contribution in [2.75, 3.05) is 13.2 Å². The molecule has 3 atom stereocenters. The Morgan fingerprint density at radius 1 is 1.00 bits per heavy atom. The van der Waals surface area contributed by atoms with Crippen LogP contribution in [0.4, 0.5) is 0 Å². The lowest BCUT2D eigenvalue weighted by Gasteiger charge is -2.27. The van der Waals surface area contributed by atoms with Gasteiger partial charge in [0, 0.05) is 5.41 Å². The molecular weight excluding hydrogens is 280 g/mol. The van der Waals surface area contributed by atoms with Crippen molar-refractivity contribution in [1.29, 1.82) is 0 Å². The van der Waals surface area contributed by atoms with Crippen LogP contribution >= 0.6 is 0 Å². The van der Waals surface area contributed by atoms with E-state index in [1.165, 1.54) is 0 Å². The topological polar surface area (TPSA) is 52.6 Å². The van der Waals surface area contributed by atoms with Crippen molar-refractivity contribution in [3.63, 3.8) is 0 Å². The average Bonchev–Trinajstić information content (AvgIpc) is 3.03. The van der Waals surface area contributed by atoms with Gasteiger partial charge in [-0.2, -0.15) is 0 Å². The van der Waals surface area contributed by atoms with Crippen molar-refractivity contribution < 1.29 is 19.1 Å². The zero-order valence-electron chi connectivity index (χ0n) is 14.3. The maximum Gasteiger partial charge on any atom is 0.311 e. The summed E-state index contributed by atoms with van der Waals surface area (Å²) in [5, 5.41) is 0. The Labute approximate surface area is 133 Å². The minimum atomic E-state index is -0.512. The Kier molecular flexibility index (Phi) is 4.69. The van der Waals surface area contributed by atoms with E-state index in [9.17, 15) is 9.59 Å². The van der Waals surface area contributed by atoms with E-state index in [0.29, 0.717) is 11.8 Å². The fraction of sp³-hybridized carbons (Fsp3) is 0.778. The Morgan fingerprint density at radius 3 is 2.14 bits per heavy atom. The van der Waals surface area contributed by atoms with Gasteiger partial charge in [0.1, 0.15) is 0 Å². The summed E-state index contributed by atoms with van der Waals surface area (Å²) in [4.78, 5) is 24.0. The summed E-state index contributed by atoms with van der Waals surface area (Å²) in [7, 11) is 0. The van der Waals surface area contributed by atoms with E-state index in [0.717, 1.165) is 12.8 Å². The van der Waals surface area contributed by atoms with Gasteiger partial charge in [0.2, 0.25) is 0 Å². The van der Waals surface area contributed by atoms with Crippen LogP contribution < -0.4 is 0 Å². The summed E-state index contributed by atoms with van der Waals surface area (Å²) in [6.45, 7) is 9.89. The van der Waals surface area contributed by atoms with Crippen LogP contribution in [0, 0.1) is 28.6 Å². The largest absolute Gasteiger partial charge is 0.465 e. The quantitative estimate of drug-likeness (QED) is 0.577. The molecule has 0 saturated heterocycles. The predicted octanol–water partition coefficient (Wildman–Crippen LogP) is 3.36. The molecular formula is C18H28O4. The van der Waals surface area contributed by atoms with Gasteiger partial charge in [-0.1, -0.05) is 26.0 Å². The molecule has 2 rings (SSSR count). The van der Waals surface area contributed by atoms with Gasteiger partial charge in [0.05, 0.1) is 24.5 Å². The summed E-state index contributed by atoms with van der Waals surface area (Å²) in [6, 6.07) is 0. The molecule has 0 heterocycles. The van der Waals surface area contributed by atoms with Crippen molar-refractivity contribution in [3.8, 4) is 0 Å². The van der Waals surface area contributed by atoms with Crippen molar-refractivity contribution in [2.45, 2.75) is 47.5 Å². The maximum atomic E-state index is 12.2. The zero-order valence-corrected chi connectivity index (χ0v) is 14.3. The fourth-order valence-corrected chi connectivity index (χ4v) is 2.94. The smallest absolute Gasteiger partial charge is 0.311 e. The highest BCUT2D eigenvalue weighted by molar-refractivity contribution is 5.75. The highest BCUT2D eigenvalue weighted by Gasteiger charge is 2.41. The number of esters is 2. The highest BCUT2D eigenvalue weighted by Crippen LogP contribution is 2.44. The molecule has 0 amide bonds. The molecule has 1 fully saturated rings. The monoisotopic (exact) mass is 308 g/mol. The van der Waals surface area contributed by atoms with Gasteiger partial charge in [0.15, 0.2) is 0 Å². The van der Waals surface area contributed by atoms with Crippen LogP contribution in [-0.4, -0.2) is 25.2 Å². The van der Waals surface area contributed by atoms with Crippen LogP contribution in [0.15, 0.2) is 12.2 Å². The van der Waals surface area contributed by atoms with Gasteiger partial charge in [-0.25, -0.2) is 0 Å². The molecule has 2 aliphatic rings. The molecule has 0 aromatic carbocycles. The minimum absolute atomic E-state index is 0.0166. The van der Waals surface area contributed by atoms with Crippen LogP contribution in [-0.2, 0) is 19.1 Å². The summed E-state index contributed by atoms with van der Waals surface area (Å²) in [6.07, 6.45) is 6.37. The Hall–Kier alpha value is -1.32. The van der Waals surface area contributed by atoms with E-state index in [1.54, 1.807) is 0 Å². The number of carbonyl (C=O) groups excluding carboxylic acids is 2. The molecule has 0 radical (unpaired) electrons. The van der Waals surface area contributed by atoms with Gasteiger partial charge in [-0.15, -0.1) is 0 Å². The molecule has 22 heavy (non-hydrogen) atoms. The molecule has 2 bridgehead atoms. The molecule has 2 aliphatic carbocycles. The SMILES string of the molecule is CC(C)(COC(=O)C1CC2C=CC1C2)COC(=O)C(C)(C)C. The predicted molar refractivity (Wildman–Crippen MR) is 84.0 cm³/mol. The molecule has 4 heteroatoms. The second-order valence-corrected chi connectivity index (χ2v) is 8.48. The lowest BCUT2D eigenvalue weighted by atomic mass is 9.93. The number of ether oxygens (including phenoxy) is 2. The van der Waals surface area contributed by atoms with Crippen LogP contribution in [0.2, 0.25) is 0 Å². The first kappa shape index (κ1) is 17.0. The van der Waals surface area contributed by atoms with Crippen molar-refractivity contribution in [1.82, 2.24) is 0 Å². The first-order valence-corrected chi connectivity index (χ1v) is 8.11. The van der Waals surface area contributed by atoms with E-state index in [-0.39, 0.29) is 36.5 Å². The van der Waals surface area contributed by atoms with Crippen LogP contribution in [0.5, 0.6) is 0 Å². The minimum Gasteiger partial charge on any atom is -0.465 e. The maximum absolute atomic E-state index is 12.2. The highest BCUT2D eigenvalue weighted by atomic mass is 16.5. The van der Waals surface area contributed by atoms with Gasteiger partial charge in [-0.05, 0) is 45.4 Å².